The molecule has 0 unspecified atom stereocenters. The maximum absolute atomic E-state index is 12.3. The fourth-order valence-electron chi connectivity index (χ4n) is 1.97. The number of methoxy groups -OCH3 is 1. The van der Waals surface area contributed by atoms with Crippen molar-refractivity contribution in [3.05, 3.63) is 51.6 Å². The van der Waals surface area contributed by atoms with Crippen molar-refractivity contribution >= 4 is 43.1 Å². The summed E-state index contributed by atoms with van der Waals surface area (Å²) in [5, 5.41) is 1.88. The molecule has 0 radical (unpaired) electrons. The Morgan fingerprint density at radius 2 is 1.89 bits per heavy atom. The lowest BCUT2D eigenvalue weighted by atomic mass is 10.2. The number of ether oxygens (including phenoxy) is 1. The summed E-state index contributed by atoms with van der Waals surface area (Å²) in [6.45, 7) is 0. The van der Waals surface area contributed by atoms with Gasteiger partial charge in [-0.2, -0.15) is 0 Å². The summed E-state index contributed by atoms with van der Waals surface area (Å²) in [5.74, 6) is 0.593. The van der Waals surface area contributed by atoms with Crippen LogP contribution >= 0.6 is 22.9 Å². The molecule has 3 rings (SSSR count). The second kappa shape index (κ2) is 4.26. The van der Waals surface area contributed by atoms with Gasteiger partial charge < -0.3 is 4.74 Å². The van der Waals surface area contributed by atoms with E-state index < -0.39 is 0 Å². The van der Waals surface area contributed by atoms with Gasteiger partial charge in [0.25, 0.3) is 0 Å². The van der Waals surface area contributed by atoms with Gasteiger partial charge in [-0.3, -0.25) is 4.79 Å². The largest absolute Gasteiger partial charge is 0.495 e. The maximum Gasteiger partial charge on any atom is 0.195 e. The van der Waals surface area contributed by atoms with Gasteiger partial charge in [-0.15, -0.1) is 11.3 Å². The Morgan fingerprint density at radius 3 is 2.67 bits per heavy atom. The zero-order chi connectivity index (χ0) is 12.7. The number of hydrogen-bond acceptors (Lipinski definition) is 3. The Bertz CT molecular complexity index is 808. The second-order valence-corrected chi connectivity index (χ2v) is 5.32. The minimum atomic E-state index is 0.0175. The normalized spacial score (nSPS) is 11.0. The molecule has 0 N–H and O–H groups in total. The smallest absolute Gasteiger partial charge is 0.195 e. The fraction of sp³-hybridized carbons (Fsp3) is 0.0714. The average Bonchev–Trinajstić information content (AvgIpc) is 2.40. The van der Waals surface area contributed by atoms with Crippen molar-refractivity contribution in [3.63, 3.8) is 0 Å². The van der Waals surface area contributed by atoms with Crippen LogP contribution in [-0.2, 0) is 0 Å². The van der Waals surface area contributed by atoms with E-state index in [1.54, 1.807) is 19.2 Å². The van der Waals surface area contributed by atoms with Crippen molar-refractivity contribution in [2.45, 2.75) is 0 Å². The van der Waals surface area contributed by atoms with Gasteiger partial charge in [0.2, 0.25) is 0 Å². The molecule has 0 aliphatic heterocycles. The van der Waals surface area contributed by atoms with Gasteiger partial charge in [0.1, 0.15) is 10.8 Å². The van der Waals surface area contributed by atoms with E-state index in [-0.39, 0.29) is 5.43 Å². The van der Waals surface area contributed by atoms with Gasteiger partial charge in [0, 0.05) is 15.5 Å². The number of hydrogen-bond donors (Lipinski definition) is 0. The van der Waals surface area contributed by atoms with E-state index in [1.165, 1.54) is 11.3 Å². The van der Waals surface area contributed by atoms with E-state index in [2.05, 4.69) is 0 Å². The summed E-state index contributed by atoms with van der Waals surface area (Å²) in [6.07, 6.45) is 0. The Hall–Kier alpha value is -1.58. The second-order valence-electron chi connectivity index (χ2n) is 3.89. The zero-order valence-corrected chi connectivity index (χ0v) is 11.1. The summed E-state index contributed by atoms with van der Waals surface area (Å²) in [4.78, 5) is 12.3. The minimum absolute atomic E-state index is 0.0175. The fourth-order valence-corrected chi connectivity index (χ4v) is 3.43. The third kappa shape index (κ3) is 1.59. The van der Waals surface area contributed by atoms with E-state index in [4.69, 9.17) is 16.3 Å². The summed E-state index contributed by atoms with van der Waals surface area (Å²) >= 11 is 7.77. The lowest BCUT2D eigenvalue weighted by Crippen LogP contribution is -2.01. The summed E-state index contributed by atoms with van der Waals surface area (Å²) in [7, 11) is 1.57. The van der Waals surface area contributed by atoms with Crippen LogP contribution in [0.4, 0.5) is 0 Å². The third-order valence-corrected chi connectivity index (χ3v) is 4.56. The highest BCUT2D eigenvalue weighted by Crippen LogP contribution is 2.36. The van der Waals surface area contributed by atoms with Crippen LogP contribution in [0.1, 0.15) is 0 Å². The highest BCUT2D eigenvalue weighted by atomic mass is 35.5. The van der Waals surface area contributed by atoms with Crippen molar-refractivity contribution in [1.82, 2.24) is 0 Å². The lowest BCUT2D eigenvalue weighted by Gasteiger charge is -2.06. The molecule has 0 amide bonds. The van der Waals surface area contributed by atoms with E-state index in [0.29, 0.717) is 16.2 Å². The van der Waals surface area contributed by atoms with Gasteiger partial charge in [0.15, 0.2) is 5.43 Å². The van der Waals surface area contributed by atoms with Crippen LogP contribution in [0.5, 0.6) is 5.75 Å². The number of fused-ring (bicyclic) bond motifs is 2. The van der Waals surface area contributed by atoms with Crippen LogP contribution in [0.3, 0.4) is 0 Å². The van der Waals surface area contributed by atoms with Gasteiger partial charge in [-0.05, 0) is 24.3 Å². The van der Waals surface area contributed by atoms with Crippen LogP contribution in [0, 0.1) is 0 Å². The monoisotopic (exact) mass is 276 g/mol. The molecule has 0 aliphatic rings. The van der Waals surface area contributed by atoms with E-state index >= 15 is 0 Å². The molecule has 0 atom stereocenters. The molecule has 4 heteroatoms. The molecular formula is C14H9ClO2S. The Balaban J connectivity index is 2.56. The van der Waals surface area contributed by atoms with Gasteiger partial charge in [-0.1, -0.05) is 23.7 Å². The first-order chi connectivity index (χ1) is 8.72. The summed E-state index contributed by atoms with van der Waals surface area (Å²) in [6, 6.07) is 11.0. The van der Waals surface area contributed by atoms with Gasteiger partial charge >= 0.3 is 0 Å². The predicted molar refractivity (Wildman–Crippen MR) is 77.2 cm³/mol. The molecule has 0 fully saturated rings. The zero-order valence-electron chi connectivity index (χ0n) is 9.57. The molecular weight excluding hydrogens is 268 g/mol. The van der Waals surface area contributed by atoms with Crippen LogP contribution in [0.25, 0.3) is 20.2 Å². The molecule has 18 heavy (non-hydrogen) atoms. The molecule has 0 saturated heterocycles. The number of halogens is 1. The van der Waals surface area contributed by atoms with Crippen molar-refractivity contribution < 1.29 is 4.74 Å². The van der Waals surface area contributed by atoms with Crippen molar-refractivity contribution in [3.8, 4) is 5.75 Å². The van der Waals surface area contributed by atoms with Crippen molar-refractivity contribution in [1.29, 1.82) is 0 Å². The van der Waals surface area contributed by atoms with E-state index in [0.717, 1.165) is 14.8 Å². The maximum atomic E-state index is 12.3. The highest BCUT2D eigenvalue weighted by molar-refractivity contribution is 7.25. The molecule has 0 spiro atoms. The quantitative estimate of drug-likeness (QED) is 0.626. The van der Waals surface area contributed by atoms with E-state index in [9.17, 15) is 4.79 Å². The molecule has 0 bridgehead atoms. The molecule has 1 aromatic heterocycles. The topological polar surface area (TPSA) is 26.3 Å². The molecule has 0 aliphatic carbocycles. The first kappa shape index (κ1) is 11.5. The molecule has 3 aromatic rings. The molecule has 90 valence electrons. The minimum Gasteiger partial charge on any atom is -0.495 e. The van der Waals surface area contributed by atoms with Crippen LogP contribution < -0.4 is 10.2 Å². The van der Waals surface area contributed by atoms with Gasteiger partial charge in [0.05, 0.1) is 11.8 Å². The molecule has 2 nitrogen and oxygen atoms in total. The highest BCUT2D eigenvalue weighted by Gasteiger charge is 2.11. The van der Waals surface area contributed by atoms with Crippen LogP contribution in [-0.4, -0.2) is 7.11 Å². The van der Waals surface area contributed by atoms with E-state index in [1.807, 2.05) is 24.3 Å². The first-order valence-electron chi connectivity index (χ1n) is 5.40. The number of rotatable bonds is 1. The Morgan fingerprint density at radius 1 is 1.11 bits per heavy atom. The average molecular weight is 277 g/mol. The Labute approximate surface area is 112 Å². The van der Waals surface area contributed by atoms with Gasteiger partial charge in [-0.25, -0.2) is 0 Å². The third-order valence-electron chi connectivity index (χ3n) is 2.87. The predicted octanol–water partition coefficient (Wildman–Crippen LogP) is 4.08. The van der Waals surface area contributed by atoms with Crippen molar-refractivity contribution in [2.24, 2.45) is 0 Å². The molecule has 2 aromatic carbocycles. The van der Waals surface area contributed by atoms with Crippen molar-refractivity contribution in [2.75, 3.05) is 7.11 Å². The summed E-state index contributed by atoms with van der Waals surface area (Å²) < 4.78 is 6.89. The number of benzene rings is 2. The molecule has 1 heterocycles. The first-order valence-corrected chi connectivity index (χ1v) is 6.60. The van der Waals surface area contributed by atoms with Crippen LogP contribution in [0.2, 0.25) is 5.02 Å². The SMILES string of the molecule is COc1ccc2c(=O)c3ccccc3sc2c1Cl. The Kier molecular flexibility index (Phi) is 2.73. The molecule has 0 saturated carbocycles. The lowest BCUT2D eigenvalue weighted by molar-refractivity contribution is 0.415. The standard InChI is InChI=1S/C14H9ClO2S/c1-17-10-7-6-9-13(16)8-4-2-3-5-11(8)18-14(9)12(10)15/h2-7H,1H3. The van der Waals surface area contributed by atoms with Crippen LogP contribution in [0.15, 0.2) is 41.2 Å². The summed E-state index contributed by atoms with van der Waals surface area (Å²) in [5.41, 5.74) is 0.0175.